The van der Waals surface area contributed by atoms with Gasteiger partial charge in [-0.05, 0) is 38.8 Å². The molecule has 2 atom stereocenters. The van der Waals surface area contributed by atoms with Gasteiger partial charge >= 0.3 is 12.1 Å². The van der Waals surface area contributed by atoms with Crippen molar-refractivity contribution in [1.82, 2.24) is 10.2 Å². The van der Waals surface area contributed by atoms with E-state index in [9.17, 15) is 18.0 Å². The normalized spacial score (nSPS) is 28.5. The maximum absolute atomic E-state index is 12.6. The predicted molar refractivity (Wildman–Crippen MR) is 73.1 cm³/mol. The van der Waals surface area contributed by atoms with Crippen LogP contribution in [0.1, 0.15) is 25.7 Å². The van der Waals surface area contributed by atoms with E-state index < -0.39 is 18.4 Å². The van der Waals surface area contributed by atoms with Crippen LogP contribution in [0.4, 0.5) is 13.2 Å². The number of alkyl halides is 3. The summed E-state index contributed by atoms with van der Waals surface area (Å²) in [6.07, 6.45) is -2.55. The molecular formula is C14H23F3N2O3. The van der Waals surface area contributed by atoms with E-state index in [4.69, 9.17) is 9.47 Å². The molecule has 0 spiro atoms. The molecule has 22 heavy (non-hydrogen) atoms. The lowest BCUT2D eigenvalue weighted by atomic mass is 9.92. The molecule has 1 N–H and O–H groups in total. The zero-order chi connectivity index (χ0) is 16.2. The number of hydrogen-bond donors (Lipinski definition) is 1. The highest BCUT2D eigenvalue weighted by molar-refractivity contribution is 5.75. The average Bonchev–Trinajstić information content (AvgIpc) is 2.49. The van der Waals surface area contributed by atoms with Crippen LogP contribution in [0.2, 0.25) is 0 Å². The van der Waals surface area contributed by atoms with E-state index in [-0.39, 0.29) is 18.6 Å². The minimum atomic E-state index is -4.96. The highest BCUT2D eigenvalue weighted by Crippen LogP contribution is 2.31. The second-order valence-electron chi connectivity index (χ2n) is 5.87. The number of nitrogens with one attached hydrogen (secondary N) is 1. The minimum Gasteiger partial charge on any atom is -0.439 e. The fourth-order valence-corrected chi connectivity index (χ4v) is 3.33. The lowest BCUT2D eigenvalue weighted by molar-refractivity contribution is -0.224. The van der Waals surface area contributed by atoms with Crippen molar-refractivity contribution in [1.29, 1.82) is 0 Å². The van der Waals surface area contributed by atoms with Crippen molar-refractivity contribution in [2.45, 2.75) is 44.1 Å². The molecule has 2 unspecified atom stereocenters. The number of ether oxygens (including phenoxy) is 2. The van der Waals surface area contributed by atoms with E-state index >= 15 is 0 Å². The monoisotopic (exact) mass is 324 g/mol. The molecule has 2 saturated heterocycles. The van der Waals surface area contributed by atoms with Crippen molar-refractivity contribution in [3.8, 4) is 0 Å². The van der Waals surface area contributed by atoms with Crippen molar-refractivity contribution in [3.05, 3.63) is 0 Å². The first-order chi connectivity index (χ1) is 10.4. The van der Waals surface area contributed by atoms with E-state index in [1.165, 1.54) is 7.11 Å². The van der Waals surface area contributed by atoms with Gasteiger partial charge in [0.15, 0.2) is 6.23 Å². The molecule has 2 rings (SSSR count). The summed E-state index contributed by atoms with van der Waals surface area (Å²) < 4.78 is 47.6. The zero-order valence-corrected chi connectivity index (χ0v) is 12.7. The Hall–Kier alpha value is -0.860. The number of likely N-dealkylation sites (tertiary alicyclic amines) is 1. The number of nitrogens with zero attached hydrogens (tertiary/aromatic N) is 1. The summed E-state index contributed by atoms with van der Waals surface area (Å²) in [4.78, 5) is 13.2. The van der Waals surface area contributed by atoms with E-state index in [1.807, 2.05) is 4.90 Å². The standard InChI is InChI=1S/C14H23F3N2O3/c1-21-9-10-3-2-8-19(11-4-6-18-7-5-11)12(10)22-13(20)14(15,16)17/h10-12,18H,2-9H2,1H3. The Morgan fingerprint density at radius 3 is 2.55 bits per heavy atom. The molecule has 0 amide bonds. The minimum absolute atomic E-state index is 0.145. The molecule has 0 saturated carbocycles. The highest BCUT2D eigenvalue weighted by Gasteiger charge is 2.46. The number of halogens is 3. The number of carbonyl (C=O) groups is 1. The molecule has 2 heterocycles. The molecule has 0 radical (unpaired) electrons. The molecule has 0 aromatic heterocycles. The topological polar surface area (TPSA) is 50.8 Å². The molecule has 128 valence electrons. The Kier molecular flexibility index (Phi) is 6.05. The Morgan fingerprint density at radius 1 is 1.27 bits per heavy atom. The SMILES string of the molecule is COCC1CCCN(C2CCNCC2)C1OC(=O)C(F)(F)F. The molecule has 2 aliphatic heterocycles. The molecule has 5 nitrogen and oxygen atoms in total. The van der Waals surface area contributed by atoms with E-state index in [0.717, 1.165) is 32.4 Å². The van der Waals surface area contributed by atoms with Gasteiger partial charge in [-0.1, -0.05) is 0 Å². The third kappa shape index (κ3) is 4.33. The third-order valence-electron chi connectivity index (χ3n) is 4.34. The molecule has 0 bridgehead atoms. The van der Waals surface area contributed by atoms with Crippen LogP contribution in [0.15, 0.2) is 0 Å². The maximum Gasteiger partial charge on any atom is 0.490 e. The Labute approximate surface area is 128 Å². The Morgan fingerprint density at radius 2 is 1.95 bits per heavy atom. The van der Waals surface area contributed by atoms with E-state index in [1.54, 1.807) is 0 Å². The molecule has 8 heteroatoms. The Bertz CT molecular complexity index is 371. The smallest absolute Gasteiger partial charge is 0.439 e. The van der Waals surface area contributed by atoms with Gasteiger partial charge in [-0.2, -0.15) is 13.2 Å². The van der Waals surface area contributed by atoms with Crippen molar-refractivity contribution >= 4 is 5.97 Å². The van der Waals surface area contributed by atoms with Crippen LogP contribution in [-0.2, 0) is 14.3 Å². The zero-order valence-electron chi connectivity index (χ0n) is 12.7. The number of esters is 1. The predicted octanol–water partition coefficient (Wildman–Crippen LogP) is 1.53. The average molecular weight is 324 g/mol. The van der Waals surface area contributed by atoms with Gasteiger partial charge in [0.05, 0.1) is 6.61 Å². The number of rotatable bonds is 4. The van der Waals surface area contributed by atoms with E-state index in [2.05, 4.69) is 5.32 Å². The third-order valence-corrected chi connectivity index (χ3v) is 4.34. The highest BCUT2D eigenvalue weighted by atomic mass is 19.4. The maximum atomic E-state index is 12.6. The van der Waals surface area contributed by atoms with Crippen molar-refractivity contribution in [2.75, 3.05) is 33.4 Å². The second-order valence-corrected chi connectivity index (χ2v) is 5.87. The molecule has 0 aromatic carbocycles. The number of piperidine rings is 2. The molecular weight excluding hydrogens is 301 g/mol. The second kappa shape index (κ2) is 7.61. The first kappa shape index (κ1) is 17.5. The van der Waals surface area contributed by atoms with Gasteiger partial charge in [0.1, 0.15) is 0 Å². The summed E-state index contributed by atoms with van der Waals surface area (Å²) in [5.41, 5.74) is 0. The van der Waals surface area contributed by atoms with Gasteiger partial charge in [-0.15, -0.1) is 0 Å². The van der Waals surface area contributed by atoms with Crippen LogP contribution in [0.5, 0.6) is 0 Å². The summed E-state index contributed by atoms with van der Waals surface area (Å²) in [6, 6.07) is 0.145. The van der Waals surface area contributed by atoms with Gasteiger partial charge in [0, 0.05) is 25.6 Å². The first-order valence-corrected chi connectivity index (χ1v) is 7.66. The quantitative estimate of drug-likeness (QED) is 0.795. The molecule has 0 aliphatic carbocycles. The van der Waals surface area contributed by atoms with Crippen molar-refractivity contribution < 1.29 is 27.4 Å². The van der Waals surface area contributed by atoms with E-state index in [0.29, 0.717) is 13.0 Å². The van der Waals surface area contributed by atoms with Crippen LogP contribution in [0.25, 0.3) is 0 Å². The van der Waals surface area contributed by atoms with Gasteiger partial charge in [0.2, 0.25) is 0 Å². The van der Waals surface area contributed by atoms with Crippen molar-refractivity contribution in [3.63, 3.8) is 0 Å². The fraction of sp³-hybridized carbons (Fsp3) is 0.929. The van der Waals surface area contributed by atoms with Gasteiger partial charge in [-0.3, -0.25) is 4.90 Å². The molecule has 2 aliphatic rings. The molecule has 0 aromatic rings. The summed E-state index contributed by atoms with van der Waals surface area (Å²) in [5, 5.41) is 3.23. The lowest BCUT2D eigenvalue weighted by Gasteiger charge is -2.45. The number of hydrogen-bond acceptors (Lipinski definition) is 5. The van der Waals surface area contributed by atoms with Gasteiger partial charge in [0.25, 0.3) is 0 Å². The Balaban J connectivity index is 2.11. The largest absolute Gasteiger partial charge is 0.490 e. The summed E-state index contributed by atoms with van der Waals surface area (Å²) in [6.45, 7) is 2.60. The van der Waals surface area contributed by atoms with Crippen molar-refractivity contribution in [2.24, 2.45) is 5.92 Å². The van der Waals surface area contributed by atoms with Crippen LogP contribution in [0.3, 0.4) is 0 Å². The van der Waals surface area contributed by atoms with Crippen LogP contribution >= 0.6 is 0 Å². The first-order valence-electron chi connectivity index (χ1n) is 7.66. The molecule has 2 fully saturated rings. The van der Waals surface area contributed by atoms with Gasteiger partial charge < -0.3 is 14.8 Å². The fourth-order valence-electron chi connectivity index (χ4n) is 3.33. The van der Waals surface area contributed by atoms with Crippen LogP contribution < -0.4 is 5.32 Å². The summed E-state index contributed by atoms with van der Waals surface area (Å²) in [7, 11) is 1.51. The number of methoxy groups -OCH3 is 1. The van der Waals surface area contributed by atoms with Gasteiger partial charge in [-0.25, -0.2) is 4.79 Å². The summed E-state index contributed by atoms with van der Waals surface area (Å²) >= 11 is 0. The lowest BCUT2D eigenvalue weighted by Crippen LogP contribution is -2.56. The van der Waals surface area contributed by atoms with Crippen LogP contribution in [-0.4, -0.2) is 62.7 Å². The van der Waals surface area contributed by atoms with Crippen LogP contribution in [0, 0.1) is 5.92 Å². The summed E-state index contributed by atoms with van der Waals surface area (Å²) in [5.74, 6) is -2.33. The number of carbonyl (C=O) groups excluding carboxylic acids is 1.